The van der Waals surface area contributed by atoms with Crippen LogP contribution in [0.15, 0.2) is 17.0 Å². The minimum absolute atomic E-state index is 0.614. The molecule has 1 aromatic heterocycles. The van der Waals surface area contributed by atoms with E-state index in [1.807, 2.05) is 0 Å². The fourth-order valence-corrected chi connectivity index (χ4v) is 1.52. The Hall–Kier alpha value is -0.830. The summed E-state index contributed by atoms with van der Waals surface area (Å²) < 4.78 is 5.14. The quantitative estimate of drug-likeness (QED) is 0.686. The Labute approximate surface area is 65.8 Å². The molecule has 0 aromatic carbocycles. The molecule has 1 aliphatic rings. The molecule has 1 aliphatic heterocycles. The number of aromatic nitrogens is 1. The van der Waals surface area contributed by atoms with Gasteiger partial charge in [0, 0.05) is 12.5 Å². The van der Waals surface area contributed by atoms with Gasteiger partial charge in [0.25, 0.3) is 0 Å². The molecule has 0 radical (unpaired) electrons. The van der Waals surface area contributed by atoms with Crippen LogP contribution in [0.4, 0.5) is 0 Å². The molecule has 1 unspecified atom stereocenters. The Morgan fingerprint density at radius 2 is 2.73 bits per heavy atom. The average molecular weight is 152 g/mol. The predicted octanol–water partition coefficient (Wildman–Crippen LogP) is 0.969. The minimum atomic E-state index is 0.614. The minimum Gasteiger partial charge on any atom is -0.448 e. The zero-order valence-electron chi connectivity index (χ0n) is 6.42. The molecule has 0 aliphatic carbocycles. The van der Waals surface area contributed by atoms with Crippen molar-refractivity contribution in [1.29, 1.82) is 0 Å². The first-order valence-electron chi connectivity index (χ1n) is 4.06. The Kier molecular flexibility index (Phi) is 1.90. The highest BCUT2D eigenvalue weighted by Gasteiger charge is 2.15. The molecule has 0 spiro atoms. The summed E-state index contributed by atoms with van der Waals surface area (Å²) in [5.74, 6) is 0.990. The van der Waals surface area contributed by atoms with E-state index in [0.29, 0.717) is 6.04 Å². The van der Waals surface area contributed by atoms with Crippen LogP contribution in [0.5, 0.6) is 0 Å². The summed E-state index contributed by atoms with van der Waals surface area (Å²) in [4.78, 5) is 3.87. The van der Waals surface area contributed by atoms with Crippen LogP contribution in [0.25, 0.3) is 0 Å². The van der Waals surface area contributed by atoms with Gasteiger partial charge in [-0.15, -0.1) is 0 Å². The van der Waals surface area contributed by atoms with Crippen molar-refractivity contribution in [3.63, 3.8) is 0 Å². The van der Waals surface area contributed by atoms with Crippen LogP contribution in [0.3, 0.4) is 0 Å². The van der Waals surface area contributed by atoms with E-state index < -0.39 is 0 Å². The van der Waals surface area contributed by atoms with E-state index in [2.05, 4.69) is 10.3 Å². The van der Waals surface area contributed by atoms with Crippen molar-refractivity contribution in [1.82, 2.24) is 10.3 Å². The molecule has 1 fully saturated rings. The highest BCUT2D eigenvalue weighted by atomic mass is 16.3. The molecule has 1 saturated heterocycles. The fraction of sp³-hybridized carbons (Fsp3) is 0.625. The zero-order valence-corrected chi connectivity index (χ0v) is 6.42. The number of rotatable bonds is 2. The van der Waals surface area contributed by atoms with Gasteiger partial charge in [-0.2, -0.15) is 0 Å². The lowest BCUT2D eigenvalue weighted by Crippen LogP contribution is -2.23. The summed E-state index contributed by atoms with van der Waals surface area (Å²) in [6.45, 7) is 1.15. The Morgan fingerprint density at radius 1 is 1.73 bits per heavy atom. The smallest absolute Gasteiger partial charge is 0.180 e. The molecule has 60 valence electrons. The summed E-state index contributed by atoms with van der Waals surface area (Å²) >= 11 is 0. The molecule has 3 heteroatoms. The third-order valence-electron chi connectivity index (χ3n) is 2.09. The van der Waals surface area contributed by atoms with E-state index in [0.717, 1.165) is 18.7 Å². The molecule has 0 amide bonds. The van der Waals surface area contributed by atoms with Crippen molar-refractivity contribution in [2.75, 3.05) is 6.54 Å². The van der Waals surface area contributed by atoms with Gasteiger partial charge in [0.2, 0.25) is 0 Å². The van der Waals surface area contributed by atoms with E-state index >= 15 is 0 Å². The van der Waals surface area contributed by atoms with E-state index in [9.17, 15) is 0 Å². The second-order valence-corrected chi connectivity index (χ2v) is 2.97. The molecule has 2 rings (SSSR count). The van der Waals surface area contributed by atoms with Gasteiger partial charge in [-0.3, -0.25) is 0 Å². The van der Waals surface area contributed by atoms with Crippen LogP contribution < -0.4 is 5.32 Å². The molecule has 2 heterocycles. The van der Waals surface area contributed by atoms with Crippen molar-refractivity contribution >= 4 is 0 Å². The van der Waals surface area contributed by atoms with E-state index in [4.69, 9.17) is 4.42 Å². The van der Waals surface area contributed by atoms with Crippen molar-refractivity contribution in [3.8, 4) is 0 Å². The first-order chi connectivity index (χ1) is 5.45. The molecule has 3 nitrogen and oxygen atoms in total. The van der Waals surface area contributed by atoms with Gasteiger partial charge in [-0.25, -0.2) is 4.98 Å². The second-order valence-electron chi connectivity index (χ2n) is 2.97. The van der Waals surface area contributed by atoms with E-state index in [1.54, 1.807) is 6.20 Å². The largest absolute Gasteiger partial charge is 0.448 e. The summed E-state index contributed by atoms with van der Waals surface area (Å²) in [6.07, 6.45) is 6.82. The Balaban J connectivity index is 1.90. The average Bonchev–Trinajstić information content (AvgIpc) is 2.60. The summed E-state index contributed by atoms with van der Waals surface area (Å²) in [5, 5.41) is 3.41. The summed E-state index contributed by atoms with van der Waals surface area (Å²) in [6, 6.07) is 0.614. The second kappa shape index (κ2) is 3.05. The van der Waals surface area contributed by atoms with Crippen LogP contribution in [0, 0.1) is 0 Å². The molecular weight excluding hydrogens is 140 g/mol. The predicted molar refractivity (Wildman–Crippen MR) is 41.2 cm³/mol. The van der Waals surface area contributed by atoms with Gasteiger partial charge in [0.15, 0.2) is 6.39 Å². The fourth-order valence-electron chi connectivity index (χ4n) is 1.52. The van der Waals surface area contributed by atoms with E-state index in [1.165, 1.54) is 19.2 Å². The Bertz CT molecular complexity index is 202. The third-order valence-corrected chi connectivity index (χ3v) is 2.09. The van der Waals surface area contributed by atoms with Gasteiger partial charge in [-0.1, -0.05) is 0 Å². The lowest BCUT2D eigenvalue weighted by Gasteiger charge is -2.05. The highest BCUT2D eigenvalue weighted by Crippen LogP contribution is 2.10. The van der Waals surface area contributed by atoms with Crippen LogP contribution in [0.2, 0.25) is 0 Å². The number of nitrogens with one attached hydrogen (secondary N) is 1. The molecule has 0 bridgehead atoms. The maximum atomic E-state index is 5.14. The molecule has 11 heavy (non-hydrogen) atoms. The van der Waals surface area contributed by atoms with Gasteiger partial charge < -0.3 is 9.73 Å². The molecule has 1 atom stereocenters. The summed E-state index contributed by atoms with van der Waals surface area (Å²) in [5.41, 5.74) is 0. The maximum Gasteiger partial charge on any atom is 0.180 e. The van der Waals surface area contributed by atoms with Gasteiger partial charge in [0.05, 0.1) is 6.20 Å². The number of nitrogens with zero attached hydrogens (tertiary/aromatic N) is 1. The molecule has 0 saturated carbocycles. The van der Waals surface area contributed by atoms with Crippen molar-refractivity contribution in [3.05, 3.63) is 18.4 Å². The van der Waals surface area contributed by atoms with Gasteiger partial charge in [-0.05, 0) is 19.4 Å². The zero-order chi connectivity index (χ0) is 7.52. The SMILES string of the molecule is c1ncc(CC2CCCN2)o1. The van der Waals surface area contributed by atoms with Crippen molar-refractivity contribution < 1.29 is 4.42 Å². The lowest BCUT2D eigenvalue weighted by atomic mass is 10.1. The molecule has 1 N–H and O–H groups in total. The van der Waals surface area contributed by atoms with Crippen LogP contribution in [-0.4, -0.2) is 17.6 Å². The first-order valence-corrected chi connectivity index (χ1v) is 4.06. The first kappa shape index (κ1) is 6.85. The van der Waals surface area contributed by atoms with Crippen LogP contribution >= 0.6 is 0 Å². The maximum absolute atomic E-state index is 5.14. The monoisotopic (exact) mass is 152 g/mol. The topological polar surface area (TPSA) is 38.1 Å². The van der Waals surface area contributed by atoms with Crippen molar-refractivity contribution in [2.45, 2.75) is 25.3 Å². The van der Waals surface area contributed by atoms with Crippen LogP contribution in [0.1, 0.15) is 18.6 Å². The van der Waals surface area contributed by atoms with Gasteiger partial charge in [0.1, 0.15) is 5.76 Å². The van der Waals surface area contributed by atoms with E-state index in [-0.39, 0.29) is 0 Å². The summed E-state index contributed by atoms with van der Waals surface area (Å²) in [7, 11) is 0. The third kappa shape index (κ3) is 1.60. The van der Waals surface area contributed by atoms with Crippen LogP contribution in [-0.2, 0) is 6.42 Å². The lowest BCUT2D eigenvalue weighted by molar-refractivity contribution is 0.466. The number of hydrogen-bond donors (Lipinski definition) is 1. The normalized spacial score (nSPS) is 24.2. The standard InChI is InChI=1S/C8H12N2O/c1-2-7(10-3-1)4-8-5-9-6-11-8/h5-7,10H,1-4H2. The molecular formula is C8H12N2O. The molecule has 1 aromatic rings. The van der Waals surface area contributed by atoms with Gasteiger partial charge >= 0.3 is 0 Å². The van der Waals surface area contributed by atoms with Crippen molar-refractivity contribution in [2.24, 2.45) is 0 Å². The number of hydrogen-bond acceptors (Lipinski definition) is 3. The Morgan fingerprint density at radius 3 is 3.36 bits per heavy atom. The number of oxazole rings is 1. The highest BCUT2D eigenvalue weighted by molar-refractivity contribution is 4.93.